The van der Waals surface area contributed by atoms with Crippen molar-refractivity contribution in [3.8, 4) is 5.75 Å². The first-order valence-electron chi connectivity index (χ1n) is 6.01. The molecule has 3 nitrogen and oxygen atoms in total. The third-order valence-corrected chi connectivity index (χ3v) is 2.88. The number of halogens is 2. The van der Waals surface area contributed by atoms with Crippen molar-refractivity contribution in [3.63, 3.8) is 0 Å². The lowest BCUT2D eigenvalue weighted by Gasteiger charge is -2.11. The maximum Gasteiger partial charge on any atom is 0.488 e. The topological polar surface area (TPSA) is 49.7 Å². The highest BCUT2D eigenvalue weighted by Crippen LogP contribution is 2.18. The van der Waals surface area contributed by atoms with Crippen LogP contribution in [0.25, 0.3) is 0 Å². The molecule has 0 amide bonds. The SMILES string of the molecule is Cc1cc(B(O)O)ccc1OCc1ccc(F)c(F)c1. The Morgan fingerprint density at radius 2 is 1.80 bits per heavy atom. The molecular formula is C14H13BF2O3. The van der Waals surface area contributed by atoms with E-state index in [0.717, 1.165) is 17.7 Å². The van der Waals surface area contributed by atoms with Gasteiger partial charge in [-0.05, 0) is 41.7 Å². The summed E-state index contributed by atoms with van der Waals surface area (Å²) < 4.78 is 31.3. The minimum absolute atomic E-state index is 0.0963. The molecule has 2 rings (SSSR count). The Morgan fingerprint density at radius 3 is 2.40 bits per heavy atom. The van der Waals surface area contributed by atoms with Crippen molar-refractivity contribution in [2.45, 2.75) is 13.5 Å². The summed E-state index contributed by atoms with van der Waals surface area (Å²) in [5, 5.41) is 18.1. The molecule has 104 valence electrons. The summed E-state index contributed by atoms with van der Waals surface area (Å²) in [4.78, 5) is 0. The third-order valence-electron chi connectivity index (χ3n) is 2.88. The normalized spacial score (nSPS) is 10.4. The first-order chi connectivity index (χ1) is 9.47. The minimum atomic E-state index is -1.53. The number of aryl methyl sites for hydroxylation is 1. The molecule has 0 saturated heterocycles. The molecular weight excluding hydrogens is 265 g/mol. The second kappa shape index (κ2) is 6.03. The zero-order valence-corrected chi connectivity index (χ0v) is 10.8. The third kappa shape index (κ3) is 3.34. The summed E-state index contributed by atoms with van der Waals surface area (Å²) in [5.74, 6) is -1.27. The lowest BCUT2D eigenvalue weighted by atomic mass is 9.79. The molecule has 0 aliphatic carbocycles. The Morgan fingerprint density at radius 1 is 1.05 bits per heavy atom. The Bertz CT molecular complexity index is 617. The molecule has 0 heterocycles. The summed E-state index contributed by atoms with van der Waals surface area (Å²) in [6, 6.07) is 8.29. The van der Waals surface area contributed by atoms with Gasteiger partial charge in [-0.2, -0.15) is 0 Å². The van der Waals surface area contributed by atoms with Gasteiger partial charge in [0, 0.05) is 0 Å². The monoisotopic (exact) mass is 278 g/mol. The Balaban J connectivity index is 2.09. The van der Waals surface area contributed by atoms with E-state index in [4.69, 9.17) is 14.8 Å². The van der Waals surface area contributed by atoms with Crippen LogP contribution in [0.3, 0.4) is 0 Å². The van der Waals surface area contributed by atoms with E-state index in [1.54, 1.807) is 19.1 Å². The second-order valence-electron chi connectivity index (χ2n) is 4.44. The minimum Gasteiger partial charge on any atom is -0.489 e. The van der Waals surface area contributed by atoms with Gasteiger partial charge < -0.3 is 14.8 Å². The van der Waals surface area contributed by atoms with Crippen LogP contribution >= 0.6 is 0 Å². The van der Waals surface area contributed by atoms with Crippen molar-refractivity contribution >= 4 is 12.6 Å². The average molecular weight is 278 g/mol. The molecule has 0 bridgehead atoms. The van der Waals surface area contributed by atoms with Crippen LogP contribution in [0, 0.1) is 18.6 Å². The van der Waals surface area contributed by atoms with E-state index in [1.807, 2.05) is 0 Å². The molecule has 0 radical (unpaired) electrons. The molecule has 0 atom stereocenters. The van der Waals surface area contributed by atoms with Crippen molar-refractivity contribution in [2.75, 3.05) is 0 Å². The van der Waals surface area contributed by atoms with Gasteiger partial charge in [0.05, 0.1) is 0 Å². The molecule has 0 aromatic heterocycles. The number of hydrogen-bond donors (Lipinski definition) is 2. The highest BCUT2D eigenvalue weighted by Gasteiger charge is 2.12. The lowest BCUT2D eigenvalue weighted by molar-refractivity contribution is 0.303. The molecule has 2 aromatic rings. The van der Waals surface area contributed by atoms with Gasteiger partial charge in [0.1, 0.15) is 12.4 Å². The van der Waals surface area contributed by atoms with Crippen LogP contribution in [0.15, 0.2) is 36.4 Å². The molecule has 0 aliphatic rings. The van der Waals surface area contributed by atoms with Gasteiger partial charge in [-0.1, -0.05) is 18.2 Å². The van der Waals surface area contributed by atoms with E-state index in [1.165, 1.54) is 12.1 Å². The van der Waals surface area contributed by atoms with E-state index in [9.17, 15) is 8.78 Å². The summed E-state index contributed by atoms with van der Waals surface area (Å²) in [6.45, 7) is 1.85. The largest absolute Gasteiger partial charge is 0.489 e. The summed E-state index contributed by atoms with van der Waals surface area (Å²) in [6.07, 6.45) is 0. The van der Waals surface area contributed by atoms with Crippen molar-refractivity contribution in [1.82, 2.24) is 0 Å². The first-order valence-corrected chi connectivity index (χ1v) is 6.01. The van der Waals surface area contributed by atoms with Gasteiger partial charge >= 0.3 is 7.12 Å². The smallest absolute Gasteiger partial charge is 0.488 e. The Hall–Kier alpha value is -1.92. The predicted molar refractivity (Wildman–Crippen MR) is 71.7 cm³/mol. The van der Waals surface area contributed by atoms with Crippen LogP contribution in [-0.2, 0) is 6.61 Å². The Labute approximate surface area is 115 Å². The van der Waals surface area contributed by atoms with Crippen molar-refractivity contribution in [1.29, 1.82) is 0 Å². The van der Waals surface area contributed by atoms with Gasteiger partial charge in [-0.15, -0.1) is 0 Å². The molecule has 6 heteroatoms. The second-order valence-corrected chi connectivity index (χ2v) is 4.44. The number of rotatable bonds is 4. The predicted octanol–water partition coefficient (Wildman–Crippen LogP) is 1.53. The number of ether oxygens (including phenoxy) is 1. The number of hydrogen-bond acceptors (Lipinski definition) is 3. The molecule has 2 N–H and O–H groups in total. The molecule has 0 spiro atoms. The van der Waals surface area contributed by atoms with Gasteiger partial charge in [0.15, 0.2) is 11.6 Å². The summed E-state index contributed by atoms with van der Waals surface area (Å²) in [5.41, 5.74) is 1.59. The van der Waals surface area contributed by atoms with E-state index in [-0.39, 0.29) is 6.61 Å². The fourth-order valence-electron chi connectivity index (χ4n) is 1.79. The molecule has 0 unspecified atom stereocenters. The standard InChI is InChI=1S/C14H13BF2O3/c1-9-6-11(15(18)19)3-5-14(9)20-8-10-2-4-12(16)13(17)7-10/h2-7,18-19H,8H2,1H3. The van der Waals surface area contributed by atoms with E-state index < -0.39 is 18.8 Å². The first kappa shape index (κ1) is 14.5. The zero-order valence-electron chi connectivity index (χ0n) is 10.8. The number of benzene rings is 2. The molecule has 0 saturated carbocycles. The fourth-order valence-corrected chi connectivity index (χ4v) is 1.79. The van der Waals surface area contributed by atoms with Gasteiger partial charge in [0.25, 0.3) is 0 Å². The summed E-state index contributed by atoms with van der Waals surface area (Å²) >= 11 is 0. The van der Waals surface area contributed by atoms with Crippen LogP contribution in [0.1, 0.15) is 11.1 Å². The molecule has 20 heavy (non-hydrogen) atoms. The highest BCUT2D eigenvalue weighted by atomic mass is 19.2. The molecule has 0 aliphatic heterocycles. The van der Waals surface area contributed by atoms with Crippen molar-refractivity contribution in [2.24, 2.45) is 0 Å². The maximum absolute atomic E-state index is 13.0. The summed E-state index contributed by atoms with van der Waals surface area (Å²) in [7, 11) is -1.53. The van der Waals surface area contributed by atoms with E-state index in [0.29, 0.717) is 16.8 Å². The van der Waals surface area contributed by atoms with Gasteiger partial charge in [-0.25, -0.2) is 8.78 Å². The van der Waals surface area contributed by atoms with Crippen LogP contribution in [0.2, 0.25) is 0 Å². The van der Waals surface area contributed by atoms with Crippen LogP contribution < -0.4 is 10.2 Å². The molecule has 2 aromatic carbocycles. The van der Waals surface area contributed by atoms with Gasteiger partial charge in [-0.3, -0.25) is 0 Å². The highest BCUT2D eigenvalue weighted by molar-refractivity contribution is 6.58. The van der Waals surface area contributed by atoms with Crippen LogP contribution in [0.5, 0.6) is 5.75 Å². The van der Waals surface area contributed by atoms with E-state index >= 15 is 0 Å². The van der Waals surface area contributed by atoms with Gasteiger partial charge in [0.2, 0.25) is 0 Å². The van der Waals surface area contributed by atoms with Crippen molar-refractivity contribution < 1.29 is 23.6 Å². The lowest BCUT2D eigenvalue weighted by Crippen LogP contribution is -2.29. The molecule has 0 fully saturated rings. The maximum atomic E-state index is 13.0. The van der Waals surface area contributed by atoms with Crippen LogP contribution in [-0.4, -0.2) is 17.2 Å². The zero-order chi connectivity index (χ0) is 14.7. The average Bonchev–Trinajstić information content (AvgIpc) is 2.41. The Kier molecular flexibility index (Phi) is 4.37. The quantitative estimate of drug-likeness (QED) is 0.834. The van der Waals surface area contributed by atoms with Crippen LogP contribution in [0.4, 0.5) is 8.78 Å². The fraction of sp³-hybridized carbons (Fsp3) is 0.143. The van der Waals surface area contributed by atoms with Crippen molar-refractivity contribution in [3.05, 3.63) is 59.2 Å². The van der Waals surface area contributed by atoms with E-state index in [2.05, 4.69) is 0 Å².